The van der Waals surface area contributed by atoms with Gasteiger partial charge in [-0.25, -0.2) is 0 Å². The van der Waals surface area contributed by atoms with E-state index in [2.05, 4.69) is 304 Å². The predicted molar refractivity (Wildman–Crippen MR) is 525 cm³/mol. The van der Waals surface area contributed by atoms with E-state index in [9.17, 15) is 0 Å². The van der Waals surface area contributed by atoms with E-state index in [1.807, 2.05) is 159 Å². The third-order valence-corrected chi connectivity index (χ3v) is 26.3. The van der Waals surface area contributed by atoms with Crippen LogP contribution in [0.4, 0.5) is 102 Å². The second-order valence-corrected chi connectivity index (χ2v) is 33.2. The van der Waals surface area contributed by atoms with Gasteiger partial charge in [-0.2, -0.15) is 0 Å². The normalized spacial score (nSPS) is 13.6. The maximum Gasteiger partial charge on any atom is 0.256 e. The molecule has 15 aromatic carbocycles. The molecular formula is C111H68B3N11O6. The fourth-order valence-electron chi connectivity index (χ4n) is 21.0. The first kappa shape index (κ1) is 73.7. The van der Waals surface area contributed by atoms with Gasteiger partial charge in [0.05, 0.1) is 68.1 Å². The van der Waals surface area contributed by atoms with Crippen molar-refractivity contribution in [2.24, 2.45) is 0 Å². The van der Waals surface area contributed by atoms with Gasteiger partial charge in [-0.3, -0.25) is 24.9 Å². The lowest BCUT2D eigenvalue weighted by molar-refractivity contribution is 0.469. The fourth-order valence-corrected chi connectivity index (χ4v) is 21.0. The largest absolute Gasteiger partial charge is 0.458 e. The van der Waals surface area contributed by atoms with Crippen LogP contribution >= 0.6 is 0 Å². The van der Waals surface area contributed by atoms with Gasteiger partial charge >= 0.3 is 0 Å². The molecule has 20 heteroatoms. The highest BCUT2D eigenvalue weighted by Crippen LogP contribution is 2.63. The molecule has 9 aliphatic heterocycles. The van der Waals surface area contributed by atoms with E-state index in [0.717, 1.165) is 220 Å². The van der Waals surface area contributed by atoms with Gasteiger partial charge in [0.25, 0.3) is 20.1 Å². The Hall–Kier alpha value is -17.6. The van der Waals surface area contributed by atoms with Crippen molar-refractivity contribution >= 4 is 193 Å². The molecule has 0 saturated carbocycles. The van der Waals surface area contributed by atoms with Crippen molar-refractivity contribution in [1.82, 2.24) is 24.9 Å². The monoisotopic (exact) mass is 1680 g/mol. The third-order valence-electron chi connectivity index (χ3n) is 26.3. The molecule has 29 rings (SSSR count). The minimum absolute atomic E-state index is 0.0142. The predicted octanol–water partition coefficient (Wildman–Crippen LogP) is 22.3. The summed E-state index contributed by atoms with van der Waals surface area (Å²) in [6.45, 7) is -0.0704. The molecule has 0 bridgehead atoms. The van der Waals surface area contributed by atoms with Gasteiger partial charge in [-0.05, 0) is 178 Å². The van der Waals surface area contributed by atoms with E-state index in [-0.39, 0.29) is 20.1 Å². The summed E-state index contributed by atoms with van der Waals surface area (Å²) in [6.07, 6.45) is 16.5. The third kappa shape index (κ3) is 11.3. The quantitative estimate of drug-likeness (QED) is 0.146. The Morgan fingerprint density at radius 3 is 0.893 bits per heavy atom. The van der Waals surface area contributed by atoms with Gasteiger partial charge in [0, 0.05) is 141 Å². The Bertz CT molecular complexity index is 7790. The second kappa shape index (κ2) is 29.5. The number of benzene rings is 15. The average Bonchev–Trinajstić information content (AvgIpc) is 0.700. The molecule has 0 amide bonds. The van der Waals surface area contributed by atoms with Crippen LogP contribution in [0.25, 0.3) is 21.7 Å². The Balaban J connectivity index is 0.000000101. The van der Waals surface area contributed by atoms with Crippen LogP contribution in [0.3, 0.4) is 0 Å². The Morgan fingerprint density at radius 2 is 0.481 bits per heavy atom. The first-order valence-electron chi connectivity index (χ1n) is 43.8. The van der Waals surface area contributed by atoms with Gasteiger partial charge in [0.2, 0.25) is 0 Å². The van der Waals surface area contributed by atoms with Crippen LogP contribution in [0.1, 0.15) is 0 Å². The second-order valence-electron chi connectivity index (χ2n) is 33.2. The van der Waals surface area contributed by atoms with Crippen LogP contribution in [-0.4, -0.2) is 45.1 Å². The lowest BCUT2D eigenvalue weighted by atomic mass is 9.34. The minimum Gasteiger partial charge on any atom is -0.458 e. The maximum absolute atomic E-state index is 7.01. The lowest BCUT2D eigenvalue weighted by Crippen LogP contribution is -2.59. The van der Waals surface area contributed by atoms with Crippen LogP contribution < -0.4 is 107 Å². The van der Waals surface area contributed by atoms with Crippen LogP contribution in [-0.2, 0) is 0 Å². The molecule has 17 nitrogen and oxygen atoms in total. The molecule has 131 heavy (non-hydrogen) atoms. The van der Waals surface area contributed by atoms with Gasteiger partial charge in [0.1, 0.15) is 34.5 Å². The van der Waals surface area contributed by atoms with Crippen molar-refractivity contribution in [1.29, 1.82) is 0 Å². The van der Waals surface area contributed by atoms with E-state index in [1.54, 1.807) is 0 Å². The molecule has 612 valence electrons. The SMILES string of the molecule is c1ccc2c(c1)Oc1cc3c(c4c1B2c1ccccc1N4c1ccncc1)Oc1ccccc1N3c1cccc2ccccc12.c1ccc2c(c1)Oc1cc3c(c4c1B2c1ccccc1N4c1ccncc1)Oc1ccccc1N3c1cccc2cccnc12.c1ccc2c(c1)Oc1cc3c(c4c1B2c1ccccc1N4c1ccncc1)Oc1ccccc1N3c1ccncc1. The maximum atomic E-state index is 7.01. The first-order valence-corrected chi connectivity index (χ1v) is 43.8. The summed E-state index contributed by atoms with van der Waals surface area (Å²) in [5.74, 6) is 9.76. The number of aromatic nitrogens is 5. The number of para-hydroxylation sites is 13. The highest BCUT2D eigenvalue weighted by atomic mass is 16.5. The van der Waals surface area contributed by atoms with Gasteiger partial charge < -0.3 is 57.8 Å². The number of nitrogens with zero attached hydrogens (tertiary/aromatic N) is 11. The van der Waals surface area contributed by atoms with Gasteiger partial charge in [-0.1, -0.05) is 200 Å². The zero-order valence-electron chi connectivity index (χ0n) is 69.9. The molecule has 0 fully saturated rings. The van der Waals surface area contributed by atoms with E-state index in [0.29, 0.717) is 0 Å². The molecule has 0 unspecified atom stereocenters. The topological polar surface area (TPSA) is 139 Å². The summed E-state index contributed by atoms with van der Waals surface area (Å²) in [5, 5.41) is 3.41. The van der Waals surface area contributed by atoms with Crippen molar-refractivity contribution in [2.75, 3.05) is 29.4 Å². The van der Waals surface area contributed by atoms with E-state index < -0.39 is 0 Å². The van der Waals surface area contributed by atoms with Crippen LogP contribution in [0.2, 0.25) is 0 Å². The molecule has 0 N–H and O–H groups in total. The Labute approximate surface area is 754 Å². The van der Waals surface area contributed by atoms with Crippen molar-refractivity contribution in [3.63, 3.8) is 0 Å². The number of anilines is 18. The molecule has 0 atom stereocenters. The van der Waals surface area contributed by atoms with E-state index in [4.69, 9.17) is 33.4 Å². The van der Waals surface area contributed by atoms with Crippen LogP contribution in [0, 0.1) is 0 Å². The molecule has 0 saturated heterocycles. The Kier molecular flexibility index (Phi) is 16.6. The summed E-state index contributed by atoms with van der Waals surface area (Å²) in [5.41, 5.74) is 29.1. The number of fused-ring (bicyclic) bond motifs is 23. The average molecular weight is 1680 g/mol. The number of rotatable bonds is 6. The van der Waals surface area contributed by atoms with Crippen molar-refractivity contribution < 1.29 is 28.4 Å². The summed E-state index contributed by atoms with van der Waals surface area (Å²) in [6, 6.07) is 124. The summed E-state index contributed by atoms with van der Waals surface area (Å²) in [4.78, 5) is 35.9. The molecule has 20 aromatic rings. The fraction of sp³-hybridized carbons (Fsp3) is 0. The van der Waals surface area contributed by atoms with Gasteiger partial charge in [0.15, 0.2) is 34.5 Å². The van der Waals surface area contributed by atoms with E-state index >= 15 is 0 Å². The van der Waals surface area contributed by atoms with E-state index in [1.165, 1.54) is 21.8 Å². The van der Waals surface area contributed by atoms with Crippen molar-refractivity contribution in [3.05, 3.63) is 414 Å². The number of ether oxygens (including phenoxy) is 6. The Morgan fingerprint density at radius 1 is 0.191 bits per heavy atom. The lowest BCUT2D eigenvalue weighted by Gasteiger charge is -2.43. The van der Waals surface area contributed by atoms with Gasteiger partial charge in [-0.15, -0.1) is 0 Å². The molecule has 0 aliphatic carbocycles. The molecule has 5 aromatic heterocycles. The van der Waals surface area contributed by atoms with Crippen LogP contribution in [0.5, 0.6) is 69.0 Å². The highest BCUT2D eigenvalue weighted by Gasteiger charge is 2.51. The summed E-state index contributed by atoms with van der Waals surface area (Å²) >= 11 is 0. The number of hydrogen-bond acceptors (Lipinski definition) is 17. The number of hydrogen-bond donors (Lipinski definition) is 0. The molecule has 9 aliphatic rings. The standard InChI is InChI=1S/C39H24BN3O2.C38H23BN4O2.C34H21BN4O2/c1-2-12-27-25(10-1)11-9-17-30(27)43-32-16-6-8-19-35(32)45-39-33(43)24-36-37-38(39)42(26-20-22-41-23-21-26)31-15-5-3-13-28(31)40(37)29-14-4-7-18-34(29)44-36;1-3-13-28-26(11-1)39-27-12-2-5-16-32(27)44-34-23-31-38(37(35(34)39)42(28)25-18-21-40-22-19-25)45-33-17-6-4-14-29(33)43(31)30-15-7-9-24-10-8-20-41-36(24)30;1-3-9-26-24(7-1)35-25-8-2-5-11-29(25)40-31-21-28-34(33(32(31)35)39(26)23-15-19-37-20-16-23)41-30-12-6-4-10-27(30)38(28)22-13-17-36-18-14-22/h1-24H;1-23H;1-21H. The van der Waals surface area contributed by atoms with Crippen LogP contribution in [0.15, 0.2) is 414 Å². The molecule has 0 spiro atoms. The molecular weight excluding hydrogens is 1620 g/mol. The molecule has 0 radical (unpaired) electrons. The zero-order chi connectivity index (χ0) is 85.9. The first-order chi connectivity index (χ1) is 65.1. The minimum atomic E-state index is -0.0343. The number of pyridine rings is 5. The summed E-state index contributed by atoms with van der Waals surface area (Å²) < 4.78 is 41.3. The molecule has 14 heterocycles. The van der Waals surface area contributed by atoms with Crippen molar-refractivity contribution in [2.45, 2.75) is 0 Å². The zero-order valence-corrected chi connectivity index (χ0v) is 69.9. The summed E-state index contributed by atoms with van der Waals surface area (Å²) in [7, 11) is 0. The highest BCUT2D eigenvalue weighted by molar-refractivity contribution is 7.01. The van der Waals surface area contributed by atoms with Crippen molar-refractivity contribution in [3.8, 4) is 69.0 Å². The smallest absolute Gasteiger partial charge is 0.256 e.